The van der Waals surface area contributed by atoms with Crippen LogP contribution in [0.25, 0.3) is 0 Å². The zero-order valence-corrected chi connectivity index (χ0v) is 28.5. The fourth-order valence-corrected chi connectivity index (χ4v) is 6.52. The molecule has 0 radical (unpaired) electrons. The Morgan fingerprint density at radius 2 is 1.83 bits per heavy atom. The first-order valence-electron chi connectivity index (χ1n) is 16.7. The van der Waals surface area contributed by atoms with E-state index in [1.807, 2.05) is 82.8 Å². The van der Waals surface area contributed by atoms with Crippen LogP contribution in [0.15, 0.2) is 42.5 Å². The molecule has 1 atom stereocenters. The highest BCUT2D eigenvalue weighted by atomic mass is 16.6. The molecule has 47 heavy (non-hydrogen) atoms. The van der Waals surface area contributed by atoms with Gasteiger partial charge in [-0.05, 0) is 96.9 Å². The normalized spacial score (nSPS) is 18.6. The van der Waals surface area contributed by atoms with Gasteiger partial charge in [0.25, 0.3) is 11.8 Å². The molecule has 4 amide bonds. The Morgan fingerprint density at radius 1 is 1.11 bits per heavy atom. The van der Waals surface area contributed by atoms with Crippen molar-refractivity contribution in [3.8, 4) is 5.75 Å². The van der Waals surface area contributed by atoms with Crippen LogP contribution >= 0.6 is 0 Å². The first-order valence-corrected chi connectivity index (χ1v) is 16.7. The molecule has 0 aromatic heterocycles. The molecule has 2 fully saturated rings. The lowest BCUT2D eigenvalue weighted by molar-refractivity contribution is -0.143. The van der Waals surface area contributed by atoms with Gasteiger partial charge in [0.1, 0.15) is 18.0 Å². The summed E-state index contributed by atoms with van der Waals surface area (Å²) in [6.07, 6.45) is 2.68. The van der Waals surface area contributed by atoms with Crippen molar-refractivity contribution in [3.63, 3.8) is 0 Å². The largest absolute Gasteiger partial charge is 0.475 e. The number of ether oxygens (including phenoxy) is 3. The molecule has 11 nitrogen and oxygen atoms in total. The van der Waals surface area contributed by atoms with Crippen LogP contribution in [0.1, 0.15) is 88.2 Å². The summed E-state index contributed by atoms with van der Waals surface area (Å²) in [7, 11) is 0. The lowest BCUT2D eigenvalue weighted by Gasteiger charge is -2.47. The number of carbonyl (C=O) groups is 4. The Morgan fingerprint density at radius 3 is 2.47 bits per heavy atom. The fraction of sp³-hybridized carbons (Fsp3) is 0.556. The third-order valence-electron chi connectivity index (χ3n) is 8.98. The number of alkyl carbamates (subject to hydrolysis) is 1. The van der Waals surface area contributed by atoms with Gasteiger partial charge in [-0.25, -0.2) is 9.59 Å². The van der Waals surface area contributed by atoms with E-state index >= 15 is 0 Å². The third kappa shape index (κ3) is 7.66. The number of fused-ring (bicyclic) bond motifs is 1. The van der Waals surface area contributed by atoms with E-state index in [-0.39, 0.29) is 49.7 Å². The summed E-state index contributed by atoms with van der Waals surface area (Å²) in [6, 6.07) is 12.7. The summed E-state index contributed by atoms with van der Waals surface area (Å²) in [6.45, 7) is 12.8. The average molecular weight is 649 g/mol. The van der Waals surface area contributed by atoms with Crippen molar-refractivity contribution in [3.05, 3.63) is 59.2 Å². The molecule has 2 heterocycles. The van der Waals surface area contributed by atoms with E-state index in [1.165, 1.54) is 0 Å². The van der Waals surface area contributed by atoms with Gasteiger partial charge in [0, 0.05) is 37.8 Å². The topological polar surface area (TPSA) is 118 Å². The van der Waals surface area contributed by atoms with Gasteiger partial charge in [0.05, 0.1) is 11.7 Å². The van der Waals surface area contributed by atoms with E-state index in [1.54, 1.807) is 15.9 Å². The van der Waals surface area contributed by atoms with Gasteiger partial charge < -0.3 is 34.2 Å². The van der Waals surface area contributed by atoms with E-state index in [0.29, 0.717) is 42.9 Å². The van der Waals surface area contributed by atoms with Crippen LogP contribution in [0.3, 0.4) is 0 Å². The Hall–Kier alpha value is -4.28. The highest BCUT2D eigenvalue weighted by molar-refractivity contribution is 6.05. The van der Waals surface area contributed by atoms with Gasteiger partial charge in [-0.2, -0.15) is 0 Å². The van der Waals surface area contributed by atoms with Crippen LogP contribution in [0.2, 0.25) is 0 Å². The van der Waals surface area contributed by atoms with Crippen LogP contribution in [0.4, 0.5) is 15.3 Å². The maximum absolute atomic E-state index is 14.3. The smallest absolute Gasteiger partial charge is 0.410 e. The SMILES string of the molecule is Cc1cc2c(cc1C(=O)N(C(C)C)[C@@H]1CCCN(C(=O)OC(C)(C)C)C1)N(CCNC(=O)OCc1ccccc1)C(=O)C1(CCC1)O2. The average Bonchev–Trinajstić information content (AvgIpc) is 2.99. The van der Waals surface area contributed by atoms with E-state index in [2.05, 4.69) is 5.32 Å². The third-order valence-corrected chi connectivity index (χ3v) is 8.98. The second kappa shape index (κ2) is 13.8. The summed E-state index contributed by atoms with van der Waals surface area (Å²) < 4.78 is 17.3. The standard InChI is InChI=1S/C36H48N4O7/c1-24(2)40(27-14-10-18-38(22-27)34(44)47-35(4,5)6)31(41)28-21-29-30(20-25(28)3)46-36(15-11-16-36)32(42)39(29)19-17-37-33(43)45-23-26-12-8-7-9-13-26/h7-9,12-13,20-21,24,27H,10-11,14-19,22-23H2,1-6H3,(H,37,43)/t27-/m1/s1. The van der Waals surface area contributed by atoms with Crippen molar-refractivity contribution in [1.29, 1.82) is 0 Å². The second-order valence-electron chi connectivity index (χ2n) is 14.1. The number of nitrogens with zero attached hydrogens (tertiary/aromatic N) is 3. The molecule has 1 saturated heterocycles. The molecule has 2 aromatic carbocycles. The summed E-state index contributed by atoms with van der Waals surface area (Å²) >= 11 is 0. The Labute approximate surface area is 277 Å². The molecule has 5 rings (SSSR count). The molecule has 254 valence electrons. The van der Waals surface area contributed by atoms with Crippen LogP contribution in [0.5, 0.6) is 5.75 Å². The fourth-order valence-electron chi connectivity index (χ4n) is 6.52. The van der Waals surface area contributed by atoms with Gasteiger partial charge in [-0.3, -0.25) is 9.59 Å². The summed E-state index contributed by atoms with van der Waals surface area (Å²) in [5.41, 5.74) is 1.05. The molecule has 1 aliphatic carbocycles. The number of nitrogens with one attached hydrogen (secondary N) is 1. The number of benzene rings is 2. The number of anilines is 1. The van der Waals surface area contributed by atoms with Gasteiger partial charge in [-0.15, -0.1) is 0 Å². The number of piperidine rings is 1. The predicted molar refractivity (Wildman–Crippen MR) is 178 cm³/mol. The summed E-state index contributed by atoms with van der Waals surface area (Å²) in [5, 5.41) is 2.75. The van der Waals surface area contributed by atoms with E-state index in [4.69, 9.17) is 14.2 Å². The molecular weight excluding hydrogens is 600 g/mol. The van der Waals surface area contributed by atoms with Crippen molar-refractivity contribution >= 4 is 29.7 Å². The quantitative estimate of drug-likeness (QED) is 0.383. The number of amides is 4. The maximum Gasteiger partial charge on any atom is 0.410 e. The number of carbonyl (C=O) groups excluding carboxylic acids is 4. The Bertz CT molecular complexity index is 1480. The van der Waals surface area contributed by atoms with E-state index in [9.17, 15) is 19.2 Å². The number of aryl methyl sites for hydroxylation is 1. The molecule has 0 bridgehead atoms. The first-order chi connectivity index (χ1) is 22.3. The van der Waals surface area contributed by atoms with Crippen LogP contribution in [-0.4, -0.2) is 83.3 Å². The van der Waals surface area contributed by atoms with Crippen LogP contribution in [0, 0.1) is 6.92 Å². The maximum atomic E-state index is 14.3. The van der Waals surface area contributed by atoms with Crippen molar-refractivity contribution in [2.75, 3.05) is 31.1 Å². The first kappa shape index (κ1) is 34.1. The van der Waals surface area contributed by atoms with Crippen LogP contribution in [-0.2, 0) is 20.9 Å². The minimum atomic E-state index is -0.921. The molecule has 2 aromatic rings. The Kier molecular flexibility index (Phi) is 10.0. The molecule has 1 saturated carbocycles. The monoisotopic (exact) mass is 648 g/mol. The highest BCUT2D eigenvalue weighted by Gasteiger charge is 2.52. The summed E-state index contributed by atoms with van der Waals surface area (Å²) in [4.78, 5) is 58.7. The molecule has 0 unspecified atom stereocenters. The number of rotatable bonds is 8. The second-order valence-corrected chi connectivity index (χ2v) is 14.1. The van der Waals surface area contributed by atoms with Gasteiger partial charge in [0.15, 0.2) is 5.60 Å². The molecule has 2 aliphatic heterocycles. The summed E-state index contributed by atoms with van der Waals surface area (Å²) in [5.74, 6) is 0.212. The van der Waals surface area contributed by atoms with Crippen molar-refractivity contribution < 1.29 is 33.4 Å². The predicted octanol–water partition coefficient (Wildman–Crippen LogP) is 5.82. The molecule has 1 N–H and O–H groups in total. The minimum absolute atomic E-state index is 0.139. The number of likely N-dealkylation sites (tertiary alicyclic amines) is 1. The lowest BCUT2D eigenvalue weighted by atomic mass is 9.77. The number of hydrogen-bond donors (Lipinski definition) is 1. The lowest BCUT2D eigenvalue weighted by Crippen LogP contribution is -2.61. The van der Waals surface area contributed by atoms with Crippen LogP contribution < -0.4 is 15.0 Å². The van der Waals surface area contributed by atoms with Gasteiger partial charge in [-0.1, -0.05) is 30.3 Å². The van der Waals surface area contributed by atoms with E-state index < -0.39 is 17.3 Å². The molecular formula is C36H48N4O7. The molecule has 3 aliphatic rings. The Balaban J connectivity index is 1.34. The zero-order valence-electron chi connectivity index (χ0n) is 28.5. The minimum Gasteiger partial charge on any atom is -0.475 e. The highest BCUT2D eigenvalue weighted by Crippen LogP contribution is 2.47. The van der Waals surface area contributed by atoms with Crippen molar-refractivity contribution in [2.45, 2.75) is 104 Å². The van der Waals surface area contributed by atoms with Gasteiger partial charge >= 0.3 is 12.2 Å². The van der Waals surface area contributed by atoms with Gasteiger partial charge in [0.2, 0.25) is 0 Å². The van der Waals surface area contributed by atoms with Crippen molar-refractivity contribution in [1.82, 2.24) is 15.1 Å². The van der Waals surface area contributed by atoms with E-state index in [0.717, 1.165) is 30.4 Å². The molecule has 1 spiro atoms. The van der Waals surface area contributed by atoms with Crippen molar-refractivity contribution in [2.24, 2.45) is 0 Å². The number of hydrogen-bond acceptors (Lipinski definition) is 7. The molecule has 11 heteroatoms. The zero-order chi connectivity index (χ0) is 33.9.